The van der Waals surface area contributed by atoms with E-state index in [9.17, 15) is 9.59 Å². The molecule has 0 spiro atoms. The van der Waals surface area contributed by atoms with Gasteiger partial charge < -0.3 is 5.11 Å². The minimum atomic E-state index is -0.902. The van der Waals surface area contributed by atoms with E-state index in [0.29, 0.717) is 5.92 Å². The van der Waals surface area contributed by atoms with E-state index < -0.39 is 5.97 Å². The van der Waals surface area contributed by atoms with Crippen molar-refractivity contribution in [2.75, 3.05) is 0 Å². The number of Topliss-reactive ketones (excluding diaryl/α,β-unsaturated/α-hetero) is 1. The molecule has 2 aliphatic carbocycles. The van der Waals surface area contributed by atoms with E-state index in [0.717, 1.165) is 24.8 Å². The van der Waals surface area contributed by atoms with E-state index in [-0.39, 0.29) is 18.6 Å². The molecular formula is C16H18O3. The fourth-order valence-electron chi connectivity index (χ4n) is 3.61. The van der Waals surface area contributed by atoms with Gasteiger partial charge in [0.15, 0.2) is 5.78 Å². The first-order chi connectivity index (χ1) is 9.16. The summed E-state index contributed by atoms with van der Waals surface area (Å²) in [6.45, 7) is 0. The molecule has 0 saturated heterocycles. The fourth-order valence-corrected chi connectivity index (χ4v) is 3.61. The molecule has 0 aromatic heterocycles. The van der Waals surface area contributed by atoms with E-state index in [2.05, 4.69) is 6.07 Å². The predicted molar refractivity (Wildman–Crippen MR) is 71.6 cm³/mol. The van der Waals surface area contributed by atoms with Crippen molar-refractivity contribution in [1.29, 1.82) is 0 Å². The zero-order chi connectivity index (χ0) is 13.4. The highest BCUT2D eigenvalue weighted by atomic mass is 16.4. The van der Waals surface area contributed by atoms with Crippen molar-refractivity contribution in [3.8, 4) is 0 Å². The molecule has 0 heterocycles. The lowest BCUT2D eigenvalue weighted by atomic mass is 9.80. The van der Waals surface area contributed by atoms with Crippen LogP contribution in [0.1, 0.15) is 65.1 Å². The summed E-state index contributed by atoms with van der Waals surface area (Å²) in [7, 11) is 0. The summed E-state index contributed by atoms with van der Waals surface area (Å²) in [6.07, 6.45) is 5.77. The number of carbonyl (C=O) groups excluding carboxylic acids is 1. The fraction of sp³-hybridized carbons (Fsp3) is 0.500. The van der Waals surface area contributed by atoms with Crippen LogP contribution in [-0.4, -0.2) is 16.9 Å². The van der Waals surface area contributed by atoms with Gasteiger partial charge in [-0.3, -0.25) is 9.59 Å². The van der Waals surface area contributed by atoms with Gasteiger partial charge in [-0.2, -0.15) is 0 Å². The van der Waals surface area contributed by atoms with Crippen molar-refractivity contribution in [1.82, 2.24) is 0 Å². The molecule has 2 aliphatic rings. The van der Waals surface area contributed by atoms with Crippen LogP contribution in [0.25, 0.3) is 0 Å². The third kappa shape index (κ3) is 2.18. The van der Waals surface area contributed by atoms with Crippen LogP contribution in [0.3, 0.4) is 0 Å². The number of benzene rings is 1. The minimum Gasteiger partial charge on any atom is -0.481 e. The highest BCUT2D eigenvalue weighted by molar-refractivity contribution is 5.99. The van der Waals surface area contributed by atoms with Crippen LogP contribution >= 0.6 is 0 Å². The molecule has 100 valence electrons. The Labute approximate surface area is 112 Å². The Morgan fingerprint density at radius 2 is 2.00 bits per heavy atom. The molecule has 3 nitrogen and oxygen atoms in total. The molecular weight excluding hydrogens is 240 g/mol. The number of hydrogen-bond acceptors (Lipinski definition) is 2. The van der Waals surface area contributed by atoms with E-state index >= 15 is 0 Å². The van der Waals surface area contributed by atoms with Crippen LogP contribution in [0.5, 0.6) is 0 Å². The summed E-state index contributed by atoms with van der Waals surface area (Å²) in [5.41, 5.74) is 4.84. The van der Waals surface area contributed by atoms with Gasteiger partial charge in [0.1, 0.15) is 0 Å². The summed E-state index contributed by atoms with van der Waals surface area (Å²) >= 11 is 0. The molecule has 0 aliphatic heterocycles. The summed E-state index contributed by atoms with van der Waals surface area (Å²) in [5, 5.41) is 8.69. The van der Waals surface area contributed by atoms with Gasteiger partial charge >= 0.3 is 5.97 Å². The summed E-state index contributed by atoms with van der Waals surface area (Å²) in [6, 6.07) is 4.00. The minimum absolute atomic E-state index is 0.00671. The van der Waals surface area contributed by atoms with E-state index in [1.54, 1.807) is 0 Å². The Morgan fingerprint density at radius 3 is 2.79 bits per heavy atom. The van der Waals surface area contributed by atoms with Gasteiger partial charge in [0.05, 0.1) is 6.42 Å². The van der Waals surface area contributed by atoms with Gasteiger partial charge in [0, 0.05) is 12.0 Å². The first-order valence-electron chi connectivity index (χ1n) is 7.06. The standard InChI is InChI=1S/C16H18O3/c17-14(8-9-15(18)19)12-7-6-11-5-4-10-2-1-3-13(12)16(10)11/h6-7,10H,1-5,8-9H2,(H,18,19)/t10-/m1/s1. The maximum atomic E-state index is 12.2. The van der Waals surface area contributed by atoms with Gasteiger partial charge in [-0.25, -0.2) is 0 Å². The lowest BCUT2D eigenvalue weighted by molar-refractivity contribution is -0.136. The lowest BCUT2D eigenvalue weighted by Gasteiger charge is -2.24. The first kappa shape index (κ1) is 12.4. The first-order valence-corrected chi connectivity index (χ1v) is 7.06. The van der Waals surface area contributed by atoms with Gasteiger partial charge in [-0.1, -0.05) is 12.1 Å². The van der Waals surface area contributed by atoms with Crippen molar-refractivity contribution in [3.05, 3.63) is 34.4 Å². The third-order valence-electron chi connectivity index (χ3n) is 4.46. The van der Waals surface area contributed by atoms with Crippen LogP contribution in [0, 0.1) is 0 Å². The molecule has 0 bridgehead atoms. The van der Waals surface area contributed by atoms with Crippen LogP contribution in [0.2, 0.25) is 0 Å². The van der Waals surface area contributed by atoms with E-state index in [1.807, 2.05) is 6.07 Å². The maximum absolute atomic E-state index is 12.2. The molecule has 0 unspecified atom stereocenters. The molecule has 1 atom stereocenters. The molecule has 0 fully saturated rings. The number of carbonyl (C=O) groups is 2. The Balaban J connectivity index is 1.93. The molecule has 1 aromatic rings. The molecule has 0 amide bonds. The molecule has 0 saturated carbocycles. The Hall–Kier alpha value is -1.64. The number of carboxylic acid groups (broad SMARTS) is 1. The average Bonchev–Trinajstić information content (AvgIpc) is 2.82. The number of rotatable bonds is 4. The van der Waals surface area contributed by atoms with Crippen LogP contribution in [0.4, 0.5) is 0 Å². The second-order valence-electron chi connectivity index (χ2n) is 5.61. The molecule has 19 heavy (non-hydrogen) atoms. The van der Waals surface area contributed by atoms with Crippen LogP contribution in [-0.2, 0) is 17.6 Å². The Morgan fingerprint density at radius 1 is 1.16 bits per heavy atom. The van der Waals surface area contributed by atoms with Crippen molar-refractivity contribution < 1.29 is 14.7 Å². The van der Waals surface area contributed by atoms with E-state index in [1.165, 1.54) is 29.5 Å². The van der Waals surface area contributed by atoms with Gasteiger partial charge in [-0.15, -0.1) is 0 Å². The average molecular weight is 258 g/mol. The number of carboxylic acids is 1. The van der Waals surface area contributed by atoms with Crippen molar-refractivity contribution in [3.63, 3.8) is 0 Å². The number of aliphatic carboxylic acids is 1. The Kier molecular flexibility index (Phi) is 3.13. The van der Waals surface area contributed by atoms with Crippen molar-refractivity contribution in [2.24, 2.45) is 0 Å². The second-order valence-corrected chi connectivity index (χ2v) is 5.61. The zero-order valence-corrected chi connectivity index (χ0v) is 10.9. The van der Waals surface area contributed by atoms with Gasteiger partial charge in [0.25, 0.3) is 0 Å². The molecule has 0 radical (unpaired) electrons. The number of hydrogen-bond donors (Lipinski definition) is 1. The summed E-state index contributed by atoms with van der Waals surface area (Å²) in [4.78, 5) is 22.8. The molecule has 3 heteroatoms. The molecule has 3 rings (SSSR count). The van der Waals surface area contributed by atoms with Gasteiger partial charge in [-0.05, 0) is 54.7 Å². The molecule has 1 N–H and O–H groups in total. The lowest BCUT2D eigenvalue weighted by Crippen LogP contribution is -2.13. The largest absolute Gasteiger partial charge is 0.481 e. The second kappa shape index (κ2) is 4.80. The van der Waals surface area contributed by atoms with Crippen molar-refractivity contribution in [2.45, 2.75) is 50.9 Å². The highest BCUT2D eigenvalue weighted by Crippen LogP contribution is 2.43. The predicted octanol–water partition coefficient (Wildman–Crippen LogP) is 3.10. The SMILES string of the molecule is O=C(O)CCC(=O)c1ccc2c3c1CCC[C@@H]3CC2. The number of ketones is 1. The summed E-state index contributed by atoms with van der Waals surface area (Å²) in [5.74, 6) is -0.264. The Bertz CT molecular complexity index is 545. The third-order valence-corrected chi connectivity index (χ3v) is 4.46. The highest BCUT2D eigenvalue weighted by Gasteiger charge is 2.30. The monoisotopic (exact) mass is 258 g/mol. The zero-order valence-electron chi connectivity index (χ0n) is 10.9. The molecule has 1 aromatic carbocycles. The quantitative estimate of drug-likeness (QED) is 0.844. The summed E-state index contributed by atoms with van der Waals surface area (Å²) < 4.78 is 0. The van der Waals surface area contributed by atoms with Crippen molar-refractivity contribution >= 4 is 11.8 Å². The topological polar surface area (TPSA) is 54.4 Å². The maximum Gasteiger partial charge on any atom is 0.303 e. The number of aryl methyl sites for hydroxylation is 1. The normalized spacial score (nSPS) is 20.1. The van der Waals surface area contributed by atoms with Gasteiger partial charge in [0.2, 0.25) is 0 Å². The van der Waals surface area contributed by atoms with Crippen LogP contribution < -0.4 is 0 Å². The van der Waals surface area contributed by atoms with Crippen LogP contribution in [0.15, 0.2) is 12.1 Å². The smallest absolute Gasteiger partial charge is 0.303 e. The van der Waals surface area contributed by atoms with E-state index in [4.69, 9.17) is 5.11 Å².